The fraction of sp³-hybridized carbons (Fsp3) is 0.375. The van der Waals surface area contributed by atoms with Crippen molar-refractivity contribution in [3.63, 3.8) is 0 Å². The Labute approximate surface area is 128 Å². The van der Waals surface area contributed by atoms with Crippen LogP contribution < -0.4 is 5.32 Å². The second kappa shape index (κ2) is 7.17. The number of aromatic nitrogens is 1. The van der Waals surface area contributed by atoms with E-state index in [1.807, 2.05) is 13.8 Å². The van der Waals surface area contributed by atoms with E-state index in [0.717, 1.165) is 18.7 Å². The van der Waals surface area contributed by atoms with Crippen LogP contribution in [0.4, 0.5) is 9.18 Å². The Hall–Kier alpha value is -2.21. The highest BCUT2D eigenvalue weighted by Gasteiger charge is 2.12. The molecular weight excluding hydrogens is 285 g/mol. The van der Waals surface area contributed by atoms with E-state index in [4.69, 9.17) is 5.11 Å². The van der Waals surface area contributed by atoms with E-state index in [1.54, 1.807) is 18.2 Å². The van der Waals surface area contributed by atoms with Gasteiger partial charge >= 0.3 is 6.09 Å². The number of hydrogen-bond donors (Lipinski definition) is 2. The van der Waals surface area contributed by atoms with E-state index in [2.05, 4.69) is 15.2 Å². The van der Waals surface area contributed by atoms with Gasteiger partial charge in [-0.2, -0.15) is 0 Å². The maximum Gasteiger partial charge on any atom is 0.404 e. The second-order valence-corrected chi connectivity index (χ2v) is 5.02. The summed E-state index contributed by atoms with van der Waals surface area (Å²) in [4.78, 5) is 17.3. The maximum absolute atomic E-state index is 13.9. The lowest BCUT2D eigenvalue weighted by Gasteiger charge is -2.20. The predicted molar refractivity (Wildman–Crippen MR) is 83.2 cm³/mol. The molecule has 0 radical (unpaired) electrons. The molecular formula is C16H20FN3O2. The molecule has 0 aliphatic carbocycles. The zero-order valence-corrected chi connectivity index (χ0v) is 12.8. The van der Waals surface area contributed by atoms with E-state index in [9.17, 15) is 9.18 Å². The SMILES string of the molecule is CCN(CC)Cc1cc2c(F)cccc2nc1CNC(=O)O. The normalized spacial score (nSPS) is 11.1. The number of rotatable bonds is 6. The summed E-state index contributed by atoms with van der Waals surface area (Å²) in [5.74, 6) is -0.316. The van der Waals surface area contributed by atoms with Crippen LogP contribution in [0.1, 0.15) is 25.1 Å². The molecule has 2 rings (SSSR count). The van der Waals surface area contributed by atoms with Gasteiger partial charge in [-0.1, -0.05) is 19.9 Å². The highest BCUT2D eigenvalue weighted by Crippen LogP contribution is 2.21. The number of benzene rings is 1. The van der Waals surface area contributed by atoms with E-state index in [-0.39, 0.29) is 12.4 Å². The fourth-order valence-corrected chi connectivity index (χ4v) is 2.38. The summed E-state index contributed by atoms with van der Waals surface area (Å²) < 4.78 is 13.9. The van der Waals surface area contributed by atoms with Gasteiger partial charge < -0.3 is 10.4 Å². The second-order valence-electron chi connectivity index (χ2n) is 5.02. The van der Waals surface area contributed by atoms with Crippen molar-refractivity contribution in [3.05, 3.63) is 41.3 Å². The van der Waals surface area contributed by atoms with E-state index < -0.39 is 6.09 Å². The Morgan fingerprint density at radius 2 is 2.09 bits per heavy atom. The van der Waals surface area contributed by atoms with Crippen molar-refractivity contribution >= 4 is 17.0 Å². The molecule has 0 unspecified atom stereocenters. The first-order valence-corrected chi connectivity index (χ1v) is 7.31. The molecule has 0 aliphatic heterocycles. The summed E-state index contributed by atoms with van der Waals surface area (Å²) in [7, 11) is 0. The molecule has 0 saturated carbocycles. The van der Waals surface area contributed by atoms with Crippen molar-refractivity contribution in [3.8, 4) is 0 Å². The summed E-state index contributed by atoms with van der Waals surface area (Å²) in [5.41, 5.74) is 2.01. The minimum absolute atomic E-state index is 0.110. The Morgan fingerprint density at radius 1 is 1.36 bits per heavy atom. The van der Waals surface area contributed by atoms with Crippen molar-refractivity contribution < 1.29 is 14.3 Å². The molecule has 1 aromatic heterocycles. The highest BCUT2D eigenvalue weighted by molar-refractivity contribution is 5.80. The number of amides is 1. The number of carboxylic acid groups (broad SMARTS) is 1. The average Bonchev–Trinajstić information content (AvgIpc) is 2.51. The van der Waals surface area contributed by atoms with Gasteiger partial charge in [0.2, 0.25) is 0 Å². The van der Waals surface area contributed by atoms with Crippen LogP contribution in [0.5, 0.6) is 0 Å². The molecule has 1 heterocycles. The van der Waals surface area contributed by atoms with Crippen LogP contribution in [0.25, 0.3) is 10.9 Å². The summed E-state index contributed by atoms with van der Waals surface area (Å²) in [6, 6.07) is 6.50. The molecule has 2 aromatic rings. The molecule has 1 aromatic carbocycles. The zero-order chi connectivity index (χ0) is 16.1. The number of carbonyl (C=O) groups is 1. The molecule has 0 fully saturated rings. The summed E-state index contributed by atoms with van der Waals surface area (Å²) in [6.45, 7) is 6.54. The van der Waals surface area contributed by atoms with E-state index in [0.29, 0.717) is 23.1 Å². The summed E-state index contributed by atoms with van der Waals surface area (Å²) >= 11 is 0. The standard InChI is InChI=1S/C16H20FN3O2/c1-3-20(4-2)10-11-8-12-13(17)6-5-7-14(12)19-15(11)9-18-16(21)22/h5-8,18H,3-4,9-10H2,1-2H3,(H,21,22). The molecule has 0 atom stereocenters. The molecule has 1 amide bonds. The van der Waals surface area contributed by atoms with Gasteiger partial charge in [-0.25, -0.2) is 9.18 Å². The lowest BCUT2D eigenvalue weighted by atomic mass is 10.1. The minimum atomic E-state index is -1.10. The molecule has 0 aliphatic rings. The third kappa shape index (κ3) is 3.71. The Morgan fingerprint density at radius 3 is 2.73 bits per heavy atom. The van der Waals surface area contributed by atoms with Crippen LogP contribution in [0.15, 0.2) is 24.3 Å². The number of nitrogens with one attached hydrogen (secondary N) is 1. The minimum Gasteiger partial charge on any atom is -0.465 e. The zero-order valence-electron chi connectivity index (χ0n) is 12.8. The highest BCUT2D eigenvalue weighted by atomic mass is 19.1. The van der Waals surface area contributed by atoms with Crippen molar-refractivity contribution in [1.82, 2.24) is 15.2 Å². The molecule has 22 heavy (non-hydrogen) atoms. The monoisotopic (exact) mass is 305 g/mol. The van der Waals surface area contributed by atoms with Crippen molar-refractivity contribution in [2.24, 2.45) is 0 Å². The Balaban J connectivity index is 2.45. The van der Waals surface area contributed by atoms with Crippen molar-refractivity contribution in [2.75, 3.05) is 13.1 Å². The van der Waals surface area contributed by atoms with Gasteiger partial charge in [-0.15, -0.1) is 0 Å². The fourth-order valence-electron chi connectivity index (χ4n) is 2.38. The molecule has 118 valence electrons. The third-order valence-electron chi connectivity index (χ3n) is 3.67. The largest absolute Gasteiger partial charge is 0.465 e. The van der Waals surface area contributed by atoms with Gasteiger partial charge in [-0.05, 0) is 36.9 Å². The molecule has 0 spiro atoms. The topological polar surface area (TPSA) is 65.5 Å². The van der Waals surface area contributed by atoms with Crippen molar-refractivity contribution in [1.29, 1.82) is 0 Å². The smallest absolute Gasteiger partial charge is 0.404 e. The van der Waals surface area contributed by atoms with Gasteiger partial charge in [0, 0.05) is 11.9 Å². The summed E-state index contributed by atoms with van der Waals surface area (Å²) in [5, 5.41) is 11.6. The molecule has 2 N–H and O–H groups in total. The van der Waals surface area contributed by atoms with Gasteiger partial charge in [0.25, 0.3) is 0 Å². The average molecular weight is 305 g/mol. The molecule has 0 saturated heterocycles. The van der Waals surface area contributed by atoms with Crippen LogP contribution in [0.3, 0.4) is 0 Å². The van der Waals surface area contributed by atoms with Crippen LogP contribution >= 0.6 is 0 Å². The number of nitrogens with zero attached hydrogens (tertiary/aromatic N) is 2. The van der Waals surface area contributed by atoms with Crippen LogP contribution in [-0.4, -0.2) is 34.2 Å². The Kier molecular flexibility index (Phi) is 5.27. The first-order valence-electron chi connectivity index (χ1n) is 7.31. The molecule has 5 nitrogen and oxygen atoms in total. The predicted octanol–water partition coefficient (Wildman–Crippen LogP) is 2.98. The Bertz CT molecular complexity index is 672. The number of pyridine rings is 1. The lowest BCUT2D eigenvalue weighted by Crippen LogP contribution is -2.26. The summed E-state index contributed by atoms with van der Waals surface area (Å²) in [6.07, 6.45) is -1.10. The van der Waals surface area contributed by atoms with Crippen molar-refractivity contribution in [2.45, 2.75) is 26.9 Å². The van der Waals surface area contributed by atoms with Crippen LogP contribution in [-0.2, 0) is 13.1 Å². The number of fused-ring (bicyclic) bond motifs is 1. The third-order valence-corrected chi connectivity index (χ3v) is 3.67. The molecule has 6 heteroatoms. The number of halogens is 1. The van der Waals surface area contributed by atoms with Gasteiger partial charge in [0.1, 0.15) is 5.82 Å². The first-order chi connectivity index (χ1) is 10.5. The van der Waals surface area contributed by atoms with E-state index in [1.165, 1.54) is 6.07 Å². The first kappa shape index (κ1) is 16.2. The van der Waals surface area contributed by atoms with Gasteiger partial charge in [0.15, 0.2) is 0 Å². The number of hydrogen-bond acceptors (Lipinski definition) is 3. The van der Waals surface area contributed by atoms with E-state index >= 15 is 0 Å². The van der Waals surface area contributed by atoms with Crippen LogP contribution in [0, 0.1) is 5.82 Å². The van der Waals surface area contributed by atoms with Gasteiger partial charge in [0.05, 0.1) is 17.8 Å². The maximum atomic E-state index is 13.9. The van der Waals surface area contributed by atoms with Gasteiger partial charge in [-0.3, -0.25) is 9.88 Å². The van der Waals surface area contributed by atoms with Crippen LogP contribution in [0.2, 0.25) is 0 Å². The quantitative estimate of drug-likeness (QED) is 0.861. The molecule has 0 bridgehead atoms. The lowest BCUT2D eigenvalue weighted by molar-refractivity contribution is 0.193.